The number of hydrogen-bond acceptors (Lipinski definition) is 7. The van der Waals surface area contributed by atoms with Crippen LogP contribution in [-0.2, 0) is 16.1 Å². The molecule has 0 radical (unpaired) electrons. The Labute approximate surface area is 161 Å². The number of carboxylic acid groups (broad SMARTS) is 1. The van der Waals surface area contributed by atoms with Crippen LogP contribution >= 0.6 is 11.3 Å². The normalized spacial score (nSPS) is 20.1. The highest BCUT2D eigenvalue weighted by atomic mass is 32.1. The average Bonchev–Trinajstić information content (AvgIpc) is 2.97. The van der Waals surface area contributed by atoms with Crippen molar-refractivity contribution < 1.29 is 24.2 Å². The van der Waals surface area contributed by atoms with E-state index in [4.69, 9.17) is 9.47 Å². The first-order valence-corrected chi connectivity index (χ1v) is 9.55. The summed E-state index contributed by atoms with van der Waals surface area (Å²) >= 11 is 1.28. The van der Waals surface area contributed by atoms with Crippen LogP contribution in [0.2, 0.25) is 0 Å². The SMILES string of the molecule is COCc1nc(OC)c2c(C)c(C(=O)N3CC(C(=O)O)CCC3C)sc2n1. The number of carboxylic acids is 1. The lowest BCUT2D eigenvalue weighted by Gasteiger charge is -2.36. The largest absolute Gasteiger partial charge is 0.481 e. The molecule has 0 saturated carbocycles. The molecule has 0 spiro atoms. The number of carbonyl (C=O) groups excluding carboxylic acids is 1. The summed E-state index contributed by atoms with van der Waals surface area (Å²) in [6, 6.07) is -0.00487. The van der Waals surface area contributed by atoms with Crippen LogP contribution < -0.4 is 4.74 Å². The van der Waals surface area contributed by atoms with E-state index in [2.05, 4.69) is 9.97 Å². The number of rotatable bonds is 5. The zero-order valence-corrected chi connectivity index (χ0v) is 16.6. The van der Waals surface area contributed by atoms with Crippen molar-refractivity contribution in [1.29, 1.82) is 0 Å². The molecule has 0 aliphatic carbocycles. The van der Waals surface area contributed by atoms with Gasteiger partial charge in [0.05, 0.1) is 23.3 Å². The maximum atomic E-state index is 13.2. The minimum Gasteiger partial charge on any atom is -0.481 e. The van der Waals surface area contributed by atoms with Crippen molar-refractivity contribution in [3.63, 3.8) is 0 Å². The minimum atomic E-state index is -0.857. The first kappa shape index (κ1) is 19.5. The lowest BCUT2D eigenvalue weighted by molar-refractivity contribution is -0.143. The Morgan fingerprint density at radius 1 is 1.30 bits per heavy atom. The van der Waals surface area contributed by atoms with Gasteiger partial charge in [-0.3, -0.25) is 9.59 Å². The molecule has 146 valence electrons. The lowest BCUT2D eigenvalue weighted by Crippen LogP contribution is -2.47. The van der Waals surface area contributed by atoms with Crippen LogP contribution in [0.15, 0.2) is 0 Å². The van der Waals surface area contributed by atoms with Gasteiger partial charge in [0.15, 0.2) is 5.82 Å². The number of methoxy groups -OCH3 is 2. The molecule has 0 bridgehead atoms. The monoisotopic (exact) mass is 393 g/mol. The van der Waals surface area contributed by atoms with E-state index < -0.39 is 11.9 Å². The van der Waals surface area contributed by atoms with Gasteiger partial charge in [-0.15, -0.1) is 11.3 Å². The Morgan fingerprint density at radius 3 is 2.67 bits per heavy atom. The fourth-order valence-electron chi connectivity index (χ4n) is 3.41. The van der Waals surface area contributed by atoms with E-state index in [0.717, 1.165) is 5.56 Å². The second-order valence-corrected chi connectivity index (χ2v) is 7.74. The lowest BCUT2D eigenvalue weighted by atomic mass is 9.93. The average molecular weight is 393 g/mol. The Bertz CT molecular complexity index is 881. The Morgan fingerprint density at radius 2 is 2.04 bits per heavy atom. The summed E-state index contributed by atoms with van der Waals surface area (Å²) in [5.74, 6) is -0.648. The van der Waals surface area contributed by atoms with E-state index in [1.165, 1.54) is 18.4 Å². The van der Waals surface area contributed by atoms with Gasteiger partial charge in [0, 0.05) is 19.7 Å². The molecule has 1 fully saturated rings. The summed E-state index contributed by atoms with van der Waals surface area (Å²) < 4.78 is 10.5. The first-order chi connectivity index (χ1) is 12.9. The van der Waals surface area contributed by atoms with Crippen LogP contribution in [0.5, 0.6) is 5.88 Å². The minimum absolute atomic E-state index is 0.00487. The van der Waals surface area contributed by atoms with Gasteiger partial charge in [0.25, 0.3) is 5.91 Å². The highest BCUT2D eigenvalue weighted by molar-refractivity contribution is 7.20. The third-order valence-electron chi connectivity index (χ3n) is 4.96. The number of fused-ring (bicyclic) bond motifs is 1. The number of thiophene rings is 1. The third-order valence-corrected chi connectivity index (χ3v) is 6.13. The van der Waals surface area contributed by atoms with Gasteiger partial charge >= 0.3 is 5.97 Å². The van der Waals surface area contributed by atoms with Crippen LogP contribution in [0.25, 0.3) is 10.2 Å². The first-order valence-electron chi connectivity index (χ1n) is 8.74. The van der Waals surface area contributed by atoms with E-state index in [1.54, 1.807) is 12.0 Å². The molecule has 3 rings (SSSR count). The molecule has 2 atom stereocenters. The fraction of sp³-hybridized carbons (Fsp3) is 0.556. The molecule has 27 heavy (non-hydrogen) atoms. The molecular weight excluding hydrogens is 370 g/mol. The number of aromatic nitrogens is 2. The summed E-state index contributed by atoms with van der Waals surface area (Å²) in [7, 11) is 3.09. The van der Waals surface area contributed by atoms with Gasteiger partial charge in [-0.2, -0.15) is 4.98 Å². The third kappa shape index (κ3) is 3.61. The fourth-order valence-corrected chi connectivity index (χ4v) is 4.56. The van der Waals surface area contributed by atoms with E-state index in [1.807, 2.05) is 13.8 Å². The van der Waals surface area contributed by atoms with Crippen LogP contribution in [0.3, 0.4) is 0 Å². The van der Waals surface area contributed by atoms with E-state index in [0.29, 0.717) is 39.6 Å². The molecule has 2 aromatic heterocycles. The smallest absolute Gasteiger partial charge is 0.308 e. The molecule has 1 amide bonds. The van der Waals surface area contributed by atoms with Crippen LogP contribution in [-0.4, -0.2) is 58.7 Å². The molecule has 9 heteroatoms. The van der Waals surface area contributed by atoms with Gasteiger partial charge in [-0.1, -0.05) is 0 Å². The van der Waals surface area contributed by atoms with Crippen molar-refractivity contribution in [2.75, 3.05) is 20.8 Å². The number of likely N-dealkylation sites (tertiary alicyclic amines) is 1. The van der Waals surface area contributed by atoms with Crippen molar-refractivity contribution in [2.24, 2.45) is 5.92 Å². The standard InChI is InChI=1S/C18H23N3O5S/c1-9-5-6-11(18(23)24)7-21(9)17(22)14-10(2)13-15(26-4)19-12(8-25-3)20-16(13)27-14/h9,11H,5-8H2,1-4H3,(H,23,24). The van der Waals surface area contributed by atoms with E-state index >= 15 is 0 Å². The number of ether oxygens (including phenoxy) is 2. The molecule has 3 heterocycles. The number of hydrogen-bond donors (Lipinski definition) is 1. The molecule has 8 nitrogen and oxygen atoms in total. The quantitative estimate of drug-likeness (QED) is 0.832. The highest BCUT2D eigenvalue weighted by Crippen LogP contribution is 2.36. The topological polar surface area (TPSA) is 102 Å². The molecule has 1 saturated heterocycles. The Balaban J connectivity index is 2.01. The van der Waals surface area contributed by atoms with Gasteiger partial charge < -0.3 is 19.5 Å². The molecule has 1 N–H and O–H groups in total. The number of nitrogens with zero attached hydrogens (tertiary/aromatic N) is 3. The van der Waals surface area contributed by atoms with Gasteiger partial charge in [-0.25, -0.2) is 4.98 Å². The van der Waals surface area contributed by atoms with Crippen molar-refractivity contribution in [2.45, 2.75) is 39.3 Å². The number of amides is 1. The van der Waals surface area contributed by atoms with Crippen molar-refractivity contribution in [3.8, 4) is 5.88 Å². The number of piperidine rings is 1. The zero-order chi connectivity index (χ0) is 19.7. The van der Waals surface area contributed by atoms with Crippen LogP contribution in [0.4, 0.5) is 0 Å². The zero-order valence-electron chi connectivity index (χ0n) is 15.8. The highest BCUT2D eigenvalue weighted by Gasteiger charge is 2.34. The van der Waals surface area contributed by atoms with Crippen LogP contribution in [0.1, 0.15) is 40.8 Å². The van der Waals surface area contributed by atoms with Crippen molar-refractivity contribution in [3.05, 3.63) is 16.3 Å². The van der Waals surface area contributed by atoms with Crippen molar-refractivity contribution in [1.82, 2.24) is 14.9 Å². The summed E-state index contributed by atoms with van der Waals surface area (Å²) in [5, 5.41) is 10.0. The molecule has 2 aromatic rings. The second-order valence-electron chi connectivity index (χ2n) is 6.74. The summed E-state index contributed by atoms with van der Waals surface area (Å²) in [6.07, 6.45) is 1.26. The number of aliphatic carboxylic acids is 1. The van der Waals surface area contributed by atoms with E-state index in [9.17, 15) is 14.7 Å². The predicted molar refractivity (Wildman–Crippen MR) is 100 cm³/mol. The summed E-state index contributed by atoms with van der Waals surface area (Å²) in [5.41, 5.74) is 0.755. The molecule has 2 unspecified atom stereocenters. The summed E-state index contributed by atoms with van der Waals surface area (Å²) in [6.45, 7) is 4.27. The van der Waals surface area contributed by atoms with Gasteiger partial charge in [-0.05, 0) is 32.3 Å². The van der Waals surface area contributed by atoms with E-state index in [-0.39, 0.29) is 25.1 Å². The second kappa shape index (κ2) is 7.77. The molecular formula is C18H23N3O5S. The number of aryl methyl sites for hydroxylation is 1. The van der Waals surface area contributed by atoms with Gasteiger partial charge in [0.2, 0.25) is 5.88 Å². The maximum absolute atomic E-state index is 13.2. The Hall–Kier alpha value is -2.26. The number of carbonyl (C=O) groups is 2. The summed E-state index contributed by atoms with van der Waals surface area (Å²) in [4.78, 5) is 36.3. The molecule has 1 aliphatic rings. The van der Waals surface area contributed by atoms with Gasteiger partial charge in [0.1, 0.15) is 11.4 Å². The maximum Gasteiger partial charge on any atom is 0.308 e. The Kier molecular flexibility index (Phi) is 5.61. The predicted octanol–water partition coefficient (Wildman–Crippen LogP) is 2.48. The van der Waals surface area contributed by atoms with Crippen molar-refractivity contribution >= 4 is 33.4 Å². The van der Waals surface area contributed by atoms with Crippen LogP contribution in [0, 0.1) is 12.8 Å². The molecule has 1 aliphatic heterocycles. The molecule has 0 aromatic carbocycles.